The van der Waals surface area contributed by atoms with Gasteiger partial charge in [-0.2, -0.15) is 0 Å². The van der Waals surface area contributed by atoms with E-state index in [9.17, 15) is 4.79 Å². The van der Waals surface area contributed by atoms with E-state index in [1.165, 1.54) is 12.7 Å². The van der Waals surface area contributed by atoms with Crippen molar-refractivity contribution in [1.82, 2.24) is 24.2 Å². The van der Waals surface area contributed by atoms with E-state index in [4.69, 9.17) is 18.5 Å². The Labute approximate surface area is 235 Å². The summed E-state index contributed by atoms with van der Waals surface area (Å²) in [7, 11) is -1.49. The second-order valence-corrected chi connectivity index (χ2v) is 11.9. The van der Waals surface area contributed by atoms with E-state index in [2.05, 4.69) is 57.6 Å². The highest BCUT2D eigenvalue weighted by molar-refractivity contribution is 7.45. The molecule has 5 unspecified atom stereocenters. The van der Waals surface area contributed by atoms with E-state index in [0.717, 1.165) is 0 Å². The lowest BCUT2D eigenvalue weighted by Crippen LogP contribution is -2.40. The van der Waals surface area contributed by atoms with Crippen molar-refractivity contribution in [2.75, 3.05) is 18.5 Å². The molecule has 2 saturated heterocycles. The average molecular weight is 570 g/mol. The topological polar surface area (TPSA) is 125 Å². The van der Waals surface area contributed by atoms with E-state index in [0.29, 0.717) is 35.7 Å². The number of aliphatic imine (C=N–C) groups is 1. The summed E-state index contributed by atoms with van der Waals surface area (Å²) >= 11 is 0. The fourth-order valence-corrected chi connectivity index (χ4v) is 6.80. The third-order valence-electron chi connectivity index (χ3n) is 6.88. The van der Waals surface area contributed by atoms with E-state index in [1.807, 2.05) is 24.5 Å². The van der Waals surface area contributed by atoms with Gasteiger partial charge in [0.15, 0.2) is 29.6 Å². The Hall–Kier alpha value is -3.02. The molecule has 2 aromatic heterocycles. The molecule has 1 amide bonds. The highest BCUT2D eigenvalue weighted by atomic mass is 31.2. The molecule has 2 aliphatic rings. The summed E-state index contributed by atoms with van der Waals surface area (Å²) in [6.45, 7) is 13.4. The normalized spacial score (nSPS) is 25.1. The van der Waals surface area contributed by atoms with Gasteiger partial charge in [0.25, 0.3) is 5.91 Å². The maximum Gasteiger partial charge on any atom is 0.322 e. The van der Waals surface area contributed by atoms with Crippen LogP contribution in [0.25, 0.3) is 11.2 Å². The molecule has 5 rings (SSSR count). The maximum absolute atomic E-state index is 12.8. The number of fused-ring (bicyclic) bond motifs is 3. The van der Waals surface area contributed by atoms with Crippen molar-refractivity contribution in [1.29, 1.82) is 0 Å². The van der Waals surface area contributed by atoms with Gasteiger partial charge >= 0.3 is 8.53 Å². The Bertz CT molecular complexity index is 1350. The fraction of sp³-hybridized carbons (Fsp3) is 0.519. The molecule has 0 radical (unpaired) electrons. The summed E-state index contributed by atoms with van der Waals surface area (Å²) in [6.07, 6.45) is 3.12. The molecule has 13 heteroatoms. The van der Waals surface area contributed by atoms with Crippen molar-refractivity contribution in [2.45, 2.75) is 77.7 Å². The molecule has 2 bridgehead atoms. The van der Waals surface area contributed by atoms with Crippen LogP contribution in [0.15, 0.2) is 48.0 Å². The molecule has 0 spiro atoms. The number of benzene rings is 1. The first-order valence-electron chi connectivity index (χ1n) is 13.5. The number of carbonyl (C=O) groups is 1. The van der Waals surface area contributed by atoms with Crippen LogP contribution in [-0.4, -0.2) is 79.5 Å². The van der Waals surface area contributed by atoms with Crippen LogP contribution in [0.5, 0.6) is 0 Å². The summed E-state index contributed by atoms with van der Waals surface area (Å²) in [4.78, 5) is 30.3. The second kappa shape index (κ2) is 11.8. The van der Waals surface area contributed by atoms with E-state index >= 15 is 0 Å². The molecular formula is C27H36N7O5P. The van der Waals surface area contributed by atoms with Crippen LogP contribution in [0.2, 0.25) is 0 Å². The first-order chi connectivity index (χ1) is 19.2. The monoisotopic (exact) mass is 569 g/mol. The molecule has 1 N–H and O–H groups in total. The standard InChI is InChI=1S/C27H36N7O5P/c1-7-28-16-37-40(34(17(2)3)18(4)5)39-22-21-26(38-27(22,6)13-36-21)33-15-31-20-23(29-14-30-24(20)33)32-25(35)19-11-9-8-10-12-19/h8-12,14-18,21-22,26H,7,13H2,1-6H3,(H,29,30,32,35). The molecule has 1 aromatic carbocycles. The van der Waals surface area contributed by atoms with Crippen molar-refractivity contribution < 1.29 is 23.3 Å². The fourth-order valence-electron chi connectivity index (χ4n) is 5.09. The lowest BCUT2D eigenvalue weighted by atomic mass is 10.0. The number of nitrogens with one attached hydrogen (secondary N) is 1. The minimum absolute atomic E-state index is 0.185. The summed E-state index contributed by atoms with van der Waals surface area (Å²) < 4.78 is 29.6. The molecule has 2 aliphatic heterocycles. The number of hydrogen-bond donors (Lipinski definition) is 1. The first kappa shape index (κ1) is 28.5. The van der Waals surface area contributed by atoms with Crippen LogP contribution < -0.4 is 5.32 Å². The highest BCUT2D eigenvalue weighted by Crippen LogP contribution is 2.55. The number of rotatable bonds is 11. The quantitative estimate of drug-likeness (QED) is 0.201. The van der Waals surface area contributed by atoms with Crippen LogP contribution in [0, 0.1) is 0 Å². The molecular weight excluding hydrogens is 533 g/mol. The summed E-state index contributed by atoms with van der Waals surface area (Å²) in [5.74, 6) is 0.0350. The van der Waals surface area contributed by atoms with Gasteiger partial charge in [0.2, 0.25) is 0 Å². The van der Waals surface area contributed by atoms with E-state index in [1.54, 1.807) is 30.6 Å². The van der Waals surface area contributed by atoms with Crippen LogP contribution in [-0.2, 0) is 18.5 Å². The molecule has 5 atom stereocenters. The van der Waals surface area contributed by atoms with Crippen molar-refractivity contribution in [2.24, 2.45) is 4.99 Å². The molecule has 0 aliphatic carbocycles. The number of nitrogens with zero attached hydrogens (tertiary/aromatic N) is 6. The van der Waals surface area contributed by atoms with Crippen molar-refractivity contribution in [3.63, 3.8) is 0 Å². The minimum atomic E-state index is -1.49. The molecule has 4 heterocycles. The zero-order valence-electron chi connectivity index (χ0n) is 23.6. The number of carbonyl (C=O) groups excluding carboxylic acids is 1. The van der Waals surface area contributed by atoms with Crippen molar-refractivity contribution in [3.05, 3.63) is 48.5 Å². The van der Waals surface area contributed by atoms with Gasteiger partial charge in [-0.05, 0) is 53.7 Å². The van der Waals surface area contributed by atoms with Crippen LogP contribution in [0.4, 0.5) is 5.82 Å². The Morgan fingerprint density at radius 2 is 2.00 bits per heavy atom. The van der Waals surface area contributed by atoms with E-state index in [-0.39, 0.29) is 18.0 Å². The predicted molar refractivity (Wildman–Crippen MR) is 152 cm³/mol. The number of anilines is 1. The van der Waals surface area contributed by atoms with Gasteiger partial charge in [0.1, 0.15) is 24.1 Å². The molecule has 40 heavy (non-hydrogen) atoms. The SMILES string of the molecule is CCN=COP(OC1C2OCC1(C)OC2n1cnc2c(NC(=O)c3ccccc3)ncnc21)N(C(C)C)C(C)C. The summed E-state index contributed by atoms with van der Waals surface area (Å²) in [5.41, 5.74) is 0.773. The van der Waals surface area contributed by atoms with Crippen LogP contribution >= 0.6 is 8.53 Å². The Morgan fingerprint density at radius 3 is 2.70 bits per heavy atom. The first-order valence-corrected chi connectivity index (χ1v) is 14.6. The van der Waals surface area contributed by atoms with E-state index < -0.39 is 32.6 Å². The highest BCUT2D eigenvalue weighted by Gasteiger charge is 2.62. The molecule has 2 fully saturated rings. The Kier molecular flexibility index (Phi) is 8.44. The van der Waals surface area contributed by atoms with Gasteiger partial charge in [-0.1, -0.05) is 18.2 Å². The van der Waals surface area contributed by atoms with Gasteiger partial charge in [-0.15, -0.1) is 0 Å². The van der Waals surface area contributed by atoms with Gasteiger partial charge < -0.3 is 23.8 Å². The third-order valence-corrected chi connectivity index (χ3v) is 8.86. The number of amides is 1. The molecule has 3 aromatic rings. The third kappa shape index (κ3) is 5.46. The van der Waals surface area contributed by atoms with Gasteiger partial charge in [-0.25, -0.2) is 19.6 Å². The number of aromatic nitrogens is 4. The lowest BCUT2D eigenvalue weighted by Gasteiger charge is -2.36. The summed E-state index contributed by atoms with van der Waals surface area (Å²) in [6, 6.07) is 9.31. The van der Waals surface area contributed by atoms with Gasteiger partial charge in [-0.3, -0.25) is 14.4 Å². The van der Waals surface area contributed by atoms with Gasteiger partial charge in [0, 0.05) is 24.2 Å². The van der Waals surface area contributed by atoms with Crippen molar-refractivity contribution in [3.8, 4) is 0 Å². The molecule has 214 valence electrons. The smallest absolute Gasteiger partial charge is 0.322 e. The number of hydrogen-bond acceptors (Lipinski definition) is 10. The van der Waals surface area contributed by atoms with Crippen molar-refractivity contribution >= 4 is 37.8 Å². The average Bonchev–Trinajstić information content (AvgIpc) is 3.57. The number of ether oxygens (including phenoxy) is 2. The predicted octanol–water partition coefficient (Wildman–Crippen LogP) is 4.56. The minimum Gasteiger partial charge on any atom is -0.425 e. The Balaban J connectivity index is 1.41. The second-order valence-electron chi connectivity index (χ2n) is 10.5. The zero-order chi connectivity index (χ0) is 28.4. The summed E-state index contributed by atoms with van der Waals surface area (Å²) in [5, 5.41) is 2.84. The lowest BCUT2D eigenvalue weighted by molar-refractivity contribution is -0.164. The molecule has 0 saturated carbocycles. The molecule has 12 nitrogen and oxygen atoms in total. The van der Waals surface area contributed by atoms with Gasteiger partial charge in [0.05, 0.1) is 12.9 Å². The Morgan fingerprint density at radius 1 is 1.25 bits per heavy atom. The number of imidazole rings is 1. The maximum atomic E-state index is 12.8. The largest absolute Gasteiger partial charge is 0.425 e. The van der Waals surface area contributed by atoms with Crippen LogP contribution in [0.1, 0.15) is 58.1 Å². The zero-order valence-corrected chi connectivity index (χ0v) is 24.5. The van der Waals surface area contributed by atoms with Crippen LogP contribution in [0.3, 0.4) is 0 Å².